The number of benzene rings is 4. The van der Waals surface area contributed by atoms with Gasteiger partial charge in [0.1, 0.15) is 5.75 Å². The molecule has 0 atom stereocenters. The molecule has 0 fully saturated rings. The standard InChI is InChI=1S/C26H21N3O3/c1-14-7-10-17(11-8-14)27-26(32)29-25(31)20-13-16-9-12-19-18-5-3-4-6-21(18)28-23(19)22(16)15(2)24(20)30/h3-13,28,30H,1-2H3,(H2,27,29,31,32). The molecule has 1 heterocycles. The number of anilines is 1. The molecule has 0 aliphatic carbocycles. The lowest BCUT2D eigenvalue weighted by Crippen LogP contribution is -2.34. The summed E-state index contributed by atoms with van der Waals surface area (Å²) >= 11 is 0. The van der Waals surface area contributed by atoms with Crippen molar-refractivity contribution in [2.75, 3.05) is 5.32 Å². The number of amides is 3. The number of rotatable bonds is 2. The highest BCUT2D eigenvalue weighted by Gasteiger charge is 2.20. The molecule has 0 radical (unpaired) electrons. The van der Waals surface area contributed by atoms with Crippen LogP contribution in [0.15, 0.2) is 66.7 Å². The Morgan fingerprint density at radius 2 is 1.66 bits per heavy atom. The van der Waals surface area contributed by atoms with Crippen LogP contribution in [0, 0.1) is 13.8 Å². The molecule has 0 saturated heterocycles. The molecule has 0 spiro atoms. The minimum absolute atomic E-state index is 0.0458. The van der Waals surface area contributed by atoms with Crippen molar-refractivity contribution in [2.45, 2.75) is 13.8 Å². The highest BCUT2D eigenvalue weighted by Crippen LogP contribution is 2.37. The van der Waals surface area contributed by atoms with E-state index in [0.29, 0.717) is 11.3 Å². The van der Waals surface area contributed by atoms with Crippen LogP contribution in [0.2, 0.25) is 0 Å². The number of aryl methyl sites for hydroxylation is 2. The molecule has 5 aromatic rings. The Balaban J connectivity index is 1.51. The number of hydrogen-bond donors (Lipinski definition) is 4. The van der Waals surface area contributed by atoms with Crippen molar-refractivity contribution in [1.82, 2.24) is 10.3 Å². The quantitative estimate of drug-likeness (QED) is 0.291. The second-order valence-corrected chi connectivity index (χ2v) is 7.93. The van der Waals surface area contributed by atoms with Gasteiger partial charge in [-0.15, -0.1) is 0 Å². The van der Waals surface area contributed by atoms with E-state index in [-0.39, 0.29) is 11.3 Å². The molecule has 6 heteroatoms. The number of H-pyrrole nitrogens is 1. The van der Waals surface area contributed by atoms with Crippen molar-refractivity contribution in [1.29, 1.82) is 0 Å². The predicted octanol–water partition coefficient (Wildman–Crippen LogP) is 5.76. The molecule has 0 bridgehead atoms. The second kappa shape index (κ2) is 7.42. The van der Waals surface area contributed by atoms with E-state index < -0.39 is 11.9 Å². The van der Waals surface area contributed by atoms with Gasteiger partial charge in [0.2, 0.25) is 0 Å². The van der Waals surface area contributed by atoms with Crippen LogP contribution in [-0.4, -0.2) is 22.0 Å². The summed E-state index contributed by atoms with van der Waals surface area (Å²) in [6.45, 7) is 3.72. The van der Waals surface area contributed by atoms with Crippen LogP contribution in [-0.2, 0) is 0 Å². The fourth-order valence-corrected chi connectivity index (χ4v) is 4.15. The lowest BCUT2D eigenvalue weighted by molar-refractivity contribution is 0.0964. The van der Waals surface area contributed by atoms with Crippen molar-refractivity contribution < 1.29 is 14.7 Å². The number of aromatic nitrogens is 1. The Morgan fingerprint density at radius 3 is 2.44 bits per heavy atom. The van der Waals surface area contributed by atoms with E-state index >= 15 is 0 Å². The number of carbonyl (C=O) groups excluding carboxylic acids is 2. The summed E-state index contributed by atoms with van der Waals surface area (Å²) in [5.74, 6) is -0.821. The van der Waals surface area contributed by atoms with Crippen molar-refractivity contribution in [3.05, 3.63) is 83.4 Å². The third kappa shape index (κ3) is 3.22. The number of phenols is 1. The first-order chi connectivity index (χ1) is 15.4. The molecule has 32 heavy (non-hydrogen) atoms. The molecule has 0 unspecified atom stereocenters. The summed E-state index contributed by atoms with van der Waals surface area (Å²) in [6.07, 6.45) is 0. The van der Waals surface area contributed by atoms with E-state index in [4.69, 9.17) is 0 Å². The van der Waals surface area contributed by atoms with E-state index in [1.807, 2.05) is 55.5 Å². The Kier molecular flexibility index (Phi) is 4.56. The summed E-state index contributed by atoms with van der Waals surface area (Å²) in [5.41, 5.74) is 4.16. The topological polar surface area (TPSA) is 94.2 Å². The normalized spacial score (nSPS) is 11.2. The van der Waals surface area contributed by atoms with Gasteiger partial charge in [0, 0.05) is 32.9 Å². The van der Waals surface area contributed by atoms with Gasteiger partial charge < -0.3 is 15.4 Å². The van der Waals surface area contributed by atoms with Crippen LogP contribution in [0.5, 0.6) is 5.75 Å². The molecule has 5 rings (SSSR count). The largest absolute Gasteiger partial charge is 0.507 e. The number of carbonyl (C=O) groups is 2. The minimum Gasteiger partial charge on any atom is -0.507 e. The molecule has 4 aromatic carbocycles. The molecule has 0 saturated carbocycles. The predicted molar refractivity (Wildman–Crippen MR) is 127 cm³/mol. The first kappa shape index (κ1) is 19.6. The maximum absolute atomic E-state index is 12.8. The first-order valence-electron chi connectivity index (χ1n) is 10.3. The van der Waals surface area contributed by atoms with Gasteiger partial charge in [-0.3, -0.25) is 10.1 Å². The smallest absolute Gasteiger partial charge is 0.326 e. The molecule has 0 aliphatic rings. The van der Waals surface area contributed by atoms with Gasteiger partial charge in [-0.05, 0) is 43.5 Å². The summed E-state index contributed by atoms with van der Waals surface area (Å²) in [5, 5.41) is 19.5. The average Bonchev–Trinajstić information content (AvgIpc) is 3.16. The average molecular weight is 423 g/mol. The van der Waals surface area contributed by atoms with Gasteiger partial charge in [0.15, 0.2) is 0 Å². The maximum atomic E-state index is 12.8. The van der Waals surface area contributed by atoms with Gasteiger partial charge in [0.25, 0.3) is 5.91 Å². The van der Waals surface area contributed by atoms with E-state index in [9.17, 15) is 14.7 Å². The van der Waals surface area contributed by atoms with E-state index in [2.05, 4.69) is 15.6 Å². The number of para-hydroxylation sites is 1. The third-order valence-electron chi connectivity index (χ3n) is 5.78. The lowest BCUT2D eigenvalue weighted by atomic mass is 9.97. The van der Waals surface area contributed by atoms with Crippen LogP contribution < -0.4 is 10.6 Å². The van der Waals surface area contributed by atoms with Gasteiger partial charge in [-0.2, -0.15) is 0 Å². The Morgan fingerprint density at radius 1 is 0.906 bits per heavy atom. The summed E-state index contributed by atoms with van der Waals surface area (Å²) < 4.78 is 0. The number of aromatic amines is 1. The number of imide groups is 1. The molecule has 6 nitrogen and oxygen atoms in total. The van der Waals surface area contributed by atoms with Crippen molar-refractivity contribution in [3.63, 3.8) is 0 Å². The summed E-state index contributed by atoms with van der Waals surface area (Å²) in [4.78, 5) is 28.5. The van der Waals surface area contributed by atoms with Crippen LogP contribution in [0.25, 0.3) is 32.6 Å². The number of nitrogens with one attached hydrogen (secondary N) is 3. The molecule has 3 amide bonds. The third-order valence-corrected chi connectivity index (χ3v) is 5.78. The van der Waals surface area contributed by atoms with Gasteiger partial charge in [-0.25, -0.2) is 4.79 Å². The molecule has 158 valence electrons. The monoisotopic (exact) mass is 423 g/mol. The molecular weight excluding hydrogens is 402 g/mol. The Hall–Kier alpha value is -4.32. The maximum Gasteiger partial charge on any atom is 0.326 e. The van der Waals surface area contributed by atoms with Crippen LogP contribution in [0.1, 0.15) is 21.5 Å². The van der Waals surface area contributed by atoms with Crippen LogP contribution >= 0.6 is 0 Å². The fraction of sp³-hybridized carbons (Fsp3) is 0.0769. The number of urea groups is 1. The summed E-state index contributed by atoms with van der Waals surface area (Å²) in [7, 11) is 0. The zero-order valence-corrected chi connectivity index (χ0v) is 17.6. The highest BCUT2D eigenvalue weighted by atomic mass is 16.3. The van der Waals surface area contributed by atoms with Crippen molar-refractivity contribution in [3.8, 4) is 5.75 Å². The van der Waals surface area contributed by atoms with E-state index in [0.717, 1.165) is 38.1 Å². The number of phenolic OH excluding ortho intramolecular Hbond substituents is 1. The fourth-order valence-electron chi connectivity index (χ4n) is 4.15. The van der Waals surface area contributed by atoms with E-state index in [1.165, 1.54) is 0 Å². The Labute approximate surface area is 183 Å². The van der Waals surface area contributed by atoms with E-state index in [1.54, 1.807) is 25.1 Å². The Bertz CT molecular complexity index is 1530. The SMILES string of the molecule is Cc1ccc(NC(=O)NC(=O)c2cc3ccc4c5ccccc5[nH]c4c3c(C)c2O)cc1. The molecule has 1 aromatic heterocycles. The zero-order chi connectivity index (χ0) is 22.4. The molecule has 4 N–H and O–H groups in total. The van der Waals surface area contributed by atoms with Gasteiger partial charge in [-0.1, -0.05) is 48.0 Å². The minimum atomic E-state index is -0.672. The number of fused-ring (bicyclic) bond motifs is 5. The van der Waals surface area contributed by atoms with Crippen molar-refractivity contribution >= 4 is 50.2 Å². The zero-order valence-electron chi connectivity index (χ0n) is 17.6. The summed E-state index contributed by atoms with van der Waals surface area (Å²) in [6, 6.07) is 20.1. The number of hydrogen-bond acceptors (Lipinski definition) is 3. The molecular formula is C26H21N3O3. The van der Waals surface area contributed by atoms with Gasteiger partial charge in [0.05, 0.1) is 11.1 Å². The van der Waals surface area contributed by atoms with Crippen LogP contribution in [0.4, 0.5) is 10.5 Å². The van der Waals surface area contributed by atoms with Crippen LogP contribution in [0.3, 0.4) is 0 Å². The second-order valence-electron chi connectivity index (χ2n) is 7.93. The number of aromatic hydroxyl groups is 1. The lowest BCUT2D eigenvalue weighted by Gasteiger charge is -2.12. The van der Waals surface area contributed by atoms with Crippen molar-refractivity contribution in [2.24, 2.45) is 0 Å². The first-order valence-corrected chi connectivity index (χ1v) is 10.3. The van der Waals surface area contributed by atoms with Gasteiger partial charge >= 0.3 is 6.03 Å². The molecule has 0 aliphatic heterocycles. The highest BCUT2D eigenvalue weighted by molar-refractivity contribution is 6.20.